The Morgan fingerprint density at radius 3 is 2.35 bits per heavy atom. The van der Waals surface area contributed by atoms with Gasteiger partial charge in [0.1, 0.15) is 0 Å². The Labute approximate surface area is 100 Å². The van der Waals surface area contributed by atoms with E-state index in [0.29, 0.717) is 18.7 Å². The molecule has 0 atom stereocenters. The van der Waals surface area contributed by atoms with Gasteiger partial charge in [-0.05, 0) is 24.6 Å². The Morgan fingerprint density at radius 1 is 1.18 bits per heavy atom. The number of likely N-dealkylation sites (N-methyl/N-ethyl adjacent to an activating group) is 1. The van der Waals surface area contributed by atoms with Crippen LogP contribution in [0, 0.1) is 0 Å². The summed E-state index contributed by atoms with van der Waals surface area (Å²) in [6.45, 7) is 2.47. The van der Waals surface area contributed by atoms with E-state index in [1.807, 2.05) is 6.92 Å². The van der Waals surface area contributed by atoms with Gasteiger partial charge in [0.15, 0.2) is 0 Å². The minimum Gasteiger partial charge on any atom is -0.356 e. The van der Waals surface area contributed by atoms with Crippen molar-refractivity contribution in [2.24, 2.45) is 5.73 Å². The van der Waals surface area contributed by atoms with E-state index in [4.69, 9.17) is 5.73 Å². The van der Waals surface area contributed by atoms with Crippen LogP contribution < -0.4 is 16.4 Å². The van der Waals surface area contributed by atoms with Crippen molar-refractivity contribution < 1.29 is 9.59 Å². The zero-order valence-electron chi connectivity index (χ0n) is 9.82. The lowest BCUT2D eigenvalue weighted by Crippen LogP contribution is -2.24. The van der Waals surface area contributed by atoms with Crippen molar-refractivity contribution >= 4 is 17.5 Å². The lowest BCUT2D eigenvalue weighted by Gasteiger charge is -2.05. The third kappa shape index (κ3) is 4.65. The number of rotatable bonds is 5. The molecule has 0 bridgehead atoms. The Morgan fingerprint density at radius 2 is 1.82 bits per heavy atom. The molecule has 1 rings (SSSR count). The Hall–Kier alpha value is -1.88. The van der Waals surface area contributed by atoms with Crippen LogP contribution in [0.4, 0.5) is 5.69 Å². The summed E-state index contributed by atoms with van der Waals surface area (Å²) in [5.41, 5.74) is 6.77. The number of benzene rings is 1. The van der Waals surface area contributed by atoms with Crippen LogP contribution in [0.5, 0.6) is 0 Å². The van der Waals surface area contributed by atoms with Crippen LogP contribution in [0.3, 0.4) is 0 Å². The lowest BCUT2D eigenvalue weighted by molar-refractivity contribution is -0.120. The number of nitrogens with one attached hydrogen (secondary N) is 2. The van der Waals surface area contributed by atoms with E-state index in [-0.39, 0.29) is 18.4 Å². The number of amides is 2. The molecule has 5 heteroatoms. The zero-order valence-corrected chi connectivity index (χ0v) is 9.82. The highest BCUT2D eigenvalue weighted by Crippen LogP contribution is 2.09. The molecule has 0 saturated heterocycles. The SMILES string of the molecule is CCNC(=O)Cc1ccc(NC(=O)CN)cc1. The molecular formula is C12H17N3O2. The summed E-state index contributed by atoms with van der Waals surface area (Å²) in [7, 11) is 0. The molecule has 17 heavy (non-hydrogen) atoms. The average Bonchev–Trinajstić information content (AvgIpc) is 2.32. The predicted octanol–water partition coefficient (Wildman–Crippen LogP) is 0.262. The summed E-state index contributed by atoms with van der Waals surface area (Å²) in [6.07, 6.45) is 0.346. The van der Waals surface area contributed by atoms with Gasteiger partial charge in [0.2, 0.25) is 11.8 Å². The minimum atomic E-state index is -0.235. The molecule has 2 amide bonds. The largest absolute Gasteiger partial charge is 0.356 e. The second-order valence-electron chi connectivity index (χ2n) is 3.58. The molecule has 0 radical (unpaired) electrons. The maximum absolute atomic E-state index is 11.3. The molecule has 0 saturated carbocycles. The van der Waals surface area contributed by atoms with E-state index in [9.17, 15) is 9.59 Å². The third-order valence-corrected chi connectivity index (χ3v) is 2.16. The van der Waals surface area contributed by atoms with E-state index in [2.05, 4.69) is 10.6 Å². The Bertz CT molecular complexity index is 387. The van der Waals surface area contributed by atoms with Crippen molar-refractivity contribution in [3.63, 3.8) is 0 Å². The van der Waals surface area contributed by atoms with Gasteiger partial charge >= 0.3 is 0 Å². The first-order valence-electron chi connectivity index (χ1n) is 5.51. The molecule has 5 nitrogen and oxygen atoms in total. The third-order valence-electron chi connectivity index (χ3n) is 2.16. The van der Waals surface area contributed by atoms with Crippen LogP contribution >= 0.6 is 0 Å². The fourth-order valence-electron chi connectivity index (χ4n) is 1.36. The summed E-state index contributed by atoms with van der Waals surface area (Å²) in [6, 6.07) is 7.12. The maximum Gasteiger partial charge on any atom is 0.238 e. The van der Waals surface area contributed by atoms with Crippen LogP contribution in [0.25, 0.3) is 0 Å². The number of carbonyl (C=O) groups is 2. The summed E-state index contributed by atoms with van der Waals surface area (Å²) < 4.78 is 0. The van der Waals surface area contributed by atoms with Crippen molar-refractivity contribution in [3.05, 3.63) is 29.8 Å². The topological polar surface area (TPSA) is 84.2 Å². The Balaban J connectivity index is 2.55. The second kappa shape index (κ2) is 6.65. The molecule has 4 N–H and O–H groups in total. The monoisotopic (exact) mass is 235 g/mol. The van der Waals surface area contributed by atoms with E-state index < -0.39 is 0 Å². The summed E-state index contributed by atoms with van der Waals surface area (Å²) in [4.78, 5) is 22.4. The van der Waals surface area contributed by atoms with Crippen molar-refractivity contribution in [1.82, 2.24) is 5.32 Å². The first kappa shape index (κ1) is 13.2. The first-order valence-corrected chi connectivity index (χ1v) is 5.51. The molecule has 0 aliphatic carbocycles. The molecule has 0 spiro atoms. The molecule has 92 valence electrons. The summed E-state index contributed by atoms with van der Waals surface area (Å²) >= 11 is 0. The molecule has 0 fully saturated rings. The molecular weight excluding hydrogens is 218 g/mol. The van der Waals surface area contributed by atoms with E-state index in [1.54, 1.807) is 24.3 Å². The van der Waals surface area contributed by atoms with Gasteiger partial charge in [0.25, 0.3) is 0 Å². The minimum absolute atomic E-state index is 0.00811. The normalized spacial score (nSPS) is 9.76. The van der Waals surface area contributed by atoms with Gasteiger partial charge in [-0.25, -0.2) is 0 Å². The van der Waals surface area contributed by atoms with Crippen LogP contribution in [0.15, 0.2) is 24.3 Å². The predicted molar refractivity (Wildman–Crippen MR) is 66.5 cm³/mol. The Kier molecular flexibility index (Phi) is 5.16. The van der Waals surface area contributed by atoms with Gasteiger partial charge in [-0.2, -0.15) is 0 Å². The van der Waals surface area contributed by atoms with Crippen molar-refractivity contribution in [2.45, 2.75) is 13.3 Å². The van der Waals surface area contributed by atoms with Gasteiger partial charge in [-0.3, -0.25) is 9.59 Å². The maximum atomic E-state index is 11.3. The van der Waals surface area contributed by atoms with Crippen molar-refractivity contribution in [3.8, 4) is 0 Å². The molecule has 0 unspecified atom stereocenters. The standard InChI is InChI=1S/C12H17N3O2/c1-2-14-11(16)7-9-3-5-10(6-4-9)15-12(17)8-13/h3-6H,2,7-8,13H2,1H3,(H,14,16)(H,15,17). The highest BCUT2D eigenvalue weighted by Gasteiger charge is 2.03. The first-order chi connectivity index (χ1) is 8.15. The molecule has 0 aromatic heterocycles. The van der Waals surface area contributed by atoms with Crippen LogP contribution in [0.2, 0.25) is 0 Å². The number of carbonyl (C=O) groups excluding carboxylic acids is 2. The van der Waals surface area contributed by atoms with Crippen LogP contribution in [0.1, 0.15) is 12.5 Å². The van der Waals surface area contributed by atoms with E-state index in [0.717, 1.165) is 5.56 Å². The number of nitrogens with two attached hydrogens (primary N) is 1. The van der Waals surface area contributed by atoms with Gasteiger partial charge in [-0.1, -0.05) is 12.1 Å². The highest BCUT2D eigenvalue weighted by atomic mass is 16.2. The number of hydrogen-bond acceptors (Lipinski definition) is 3. The molecule has 0 aliphatic rings. The molecule has 1 aromatic carbocycles. The fraction of sp³-hybridized carbons (Fsp3) is 0.333. The van der Waals surface area contributed by atoms with Crippen LogP contribution in [-0.4, -0.2) is 24.9 Å². The fourth-order valence-corrected chi connectivity index (χ4v) is 1.36. The van der Waals surface area contributed by atoms with Crippen molar-refractivity contribution in [1.29, 1.82) is 0 Å². The average molecular weight is 235 g/mol. The molecule has 0 aliphatic heterocycles. The smallest absolute Gasteiger partial charge is 0.238 e. The highest BCUT2D eigenvalue weighted by molar-refractivity contribution is 5.92. The molecule has 1 aromatic rings. The zero-order chi connectivity index (χ0) is 12.7. The van der Waals surface area contributed by atoms with Gasteiger partial charge < -0.3 is 16.4 Å². The number of anilines is 1. The second-order valence-corrected chi connectivity index (χ2v) is 3.58. The number of hydrogen-bond donors (Lipinski definition) is 3. The summed E-state index contributed by atoms with van der Waals surface area (Å²) in [5, 5.41) is 5.36. The van der Waals surface area contributed by atoms with Crippen LogP contribution in [-0.2, 0) is 16.0 Å². The quantitative estimate of drug-likeness (QED) is 0.684. The van der Waals surface area contributed by atoms with Crippen molar-refractivity contribution in [2.75, 3.05) is 18.4 Å². The molecule has 0 heterocycles. The van der Waals surface area contributed by atoms with Gasteiger partial charge in [-0.15, -0.1) is 0 Å². The summed E-state index contributed by atoms with van der Waals surface area (Å²) in [5.74, 6) is -0.243. The van der Waals surface area contributed by atoms with E-state index >= 15 is 0 Å². The van der Waals surface area contributed by atoms with Gasteiger partial charge in [0.05, 0.1) is 13.0 Å². The van der Waals surface area contributed by atoms with Gasteiger partial charge in [0, 0.05) is 12.2 Å². The lowest BCUT2D eigenvalue weighted by atomic mass is 10.1. The van der Waals surface area contributed by atoms with E-state index in [1.165, 1.54) is 0 Å².